The molecular weight excluding hydrogens is 218 g/mol. The summed E-state index contributed by atoms with van der Waals surface area (Å²) in [5, 5.41) is 9.27. The summed E-state index contributed by atoms with van der Waals surface area (Å²) in [6.45, 7) is 2.54. The van der Waals surface area contributed by atoms with E-state index in [1.54, 1.807) is 11.1 Å². The van der Waals surface area contributed by atoms with Crippen molar-refractivity contribution < 1.29 is 9.90 Å². The maximum atomic E-state index is 12.2. The summed E-state index contributed by atoms with van der Waals surface area (Å²) in [6.07, 6.45) is 6.00. The molecule has 0 aromatic carbocycles. The smallest absolute Gasteiger partial charge is 0.274 e. The minimum atomic E-state index is -0.128. The van der Waals surface area contributed by atoms with Crippen molar-refractivity contribution in [3.05, 3.63) is 23.8 Å². The highest BCUT2D eigenvalue weighted by Gasteiger charge is 2.27. The number of likely N-dealkylation sites (tertiary alicyclic amines) is 1. The van der Waals surface area contributed by atoms with Gasteiger partial charge < -0.3 is 10.0 Å². The Kier molecular flexibility index (Phi) is 3.68. The SMILES string of the molecule is Cc1cnc(C(=O)N2CCCCC2CO)cn1. The average molecular weight is 235 g/mol. The summed E-state index contributed by atoms with van der Waals surface area (Å²) >= 11 is 0. The first-order valence-corrected chi connectivity index (χ1v) is 5.93. The van der Waals surface area contributed by atoms with E-state index in [2.05, 4.69) is 9.97 Å². The van der Waals surface area contributed by atoms with E-state index < -0.39 is 0 Å². The first-order valence-electron chi connectivity index (χ1n) is 5.93. The zero-order valence-corrected chi connectivity index (χ0v) is 9.96. The first-order chi connectivity index (χ1) is 8.22. The second-order valence-electron chi connectivity index (χ2n) is 4.37. The summed E-state index contributed by atoms with van der Waals surface area (Å²) in [5.41, 5.74) is 1.15. The van der Waals surface area contributed by atoms with E-state index in [1.807, 2.05) is 6.92 Å². The van der Waals surface area contributed by atoms with Crippen molar-refractivity contribution in [1.82, 2.24) is 14.9 Å². The predicted molar refractivity (Wildman–Crippen MR) is 62.5 cm³/mol. The van der Waals surface area contributed by atoms with Gasteiger partial charge in [-0.1, -0.05) is 0 Å². The Morgan fingerprint density at radius 1 is 1.47 bits per heavy atom. The van der Waals surface area contributed by atoms with Crippen LogP contribution >= 0.6 is 0 Å². The number of nitrogens with zero attached hydrogens (tertiary/aromatic N) is 3. The molecule has 1 unspecified atom stereocenters. The van der Waals surface area contributed by atoms with Crippen LogP contribution in [0.5, 0.6) is 0 Å². The molecule has 2 rings (SSSR count). The van der Waals surface area contributed by atoms with Gasteiger partial charge in [-0.3, -0.25) is 9.78 Å². The molecule has 0 saturated carbocycles. The van der Waals surface area contributed by atoms with Crippen molar-refractivity contribution >= 4 is 5.91 Å². The Hall–Kier alpha value is -1.49. The molecule has 1 aliphatic heterocycles. The number of carbonyl (C=O) groups is 1. The lowest BCUT2D eigenvalue weighted by Crippen LogP contribution is -2.45. The van der Waals surface area contributed by atoms with Crippen LogP contribution in [0.15, 0.2) is 12.4 Å². The lowest BCUT2D eigenvalue weighted by Gasteiger charge is -2.34. The largest absolute Gasteiger partial charge is 0.394 e. The van der Waals surface area contributed by atoms with E-state index in [0.717, 1.165) is 25.0 Å². The van der Waals surface area contributed by atoms with Crippen LogP contribution in [0.25, 0.3) is 0 Å². The maximum absolute atomic E-state index is 12.2. The average Bonchev–Trinajstić information content (AvgIpc) is 2.39. The fraction of sp³-hybridized carbons (Fsp3) is 0.583. The van der Waals surface area contributed by atoms with Gasteiger partial charge in [0.05, 0.1) is 24.5 Å². The van der Waals surface area contributed by atoms with Gasteiger partial charge in [-0.05, 0) is 26.2 Å². The number of aryl methyl sites for hydroxylation is 1. The first kappa shape index (κ1) is 12.0. The molecule has 1 saturated heterocycles. The zero-order valence-electron chi connectivity index (χ0n) is 9.96. The van der Waals surface area contributed by atoms with Crippen LogP contribution in [0.2, 0.25) is 0 Å². The van der Waals surface area contributed by atoms with Crippen LogP contribution in [-0.2, 0) is 0 Å². The third-order valence-corrected chi connectivity index (χ3v) is 3.10. The molecule has 0 spiro atoms. The van der Waals surface area contributed by atoms with Crippen molar-refractivity contribution in [3.63, 3.8) is 0 Å². The van der Waals surface area contributed by atoms with Crippen LogP contribution < -0.4 is 0 Å². The van der Waals surface area contributed by atoms with Crippen LogP contribution in [0, 0.1) is 6.92 Å². The van der Waals surface area contributed by atoms with Crippen molar-refractivity contribution in [1.29, 1.82) is 0 Å². The summed E-state index contributed by atoms with van der Waals surface area (Å²) in [6, 6.07) is -0.0700. The molecule has 0 aliphatic carbocycles. The minimum Gasteiger partial charge on any atom is -0.394 e. The molecule has 1 N–H and O–H groups in total. The van der Waals surface area contributed by atoms with Gasteiger partial charge in [-0.2, -0.15) is 0 Å². The van der Waals surface area contributed by atoms with Gasteiger partial charge in [-0.25, -0.2) is 4.98 Å². The molecule has 1 aliphatic rings. The van der Waals surface area contributed by atoms with Crippen molar-refractivity contribution in [2.24, 2.45) is 0 Å². The number of hydrogen-bond acceptors (Lipinski definition) is 4. The third-order valence-electron chi connectivity index (χ3n) is 3.10. The highest BCUT2D eigenvalue weighted by Crippen LogP contribution is 2.18. The fourth-order valence-electron chi connectivity index (χ4n) is 2.11. The molecule has 2 heterocycles. The fourth-order valence-corrected chi connectivity index (χ4v) is 2.11. The van der Waals surface area contributed by atoms with Crippen LogP contribution in [0.4, 0.5) is 0 Å². The van der Waals surface area contributed by atoms with Crippen LogP contribution in [-0.4, -0.2) is 45.1 Å². The molecule has 5 heteroatoms. The van der Waals surface area contributed by atoms with E-state index >= 15 is 0 Å². The van der Waals surface area contributed by atoms with Gasteiger partial charge in [0.15, 0.2) is 0 Å². The van der Waals surface area contributed by atoms with Gasteiger partial charge in [0.1, 0.15) is 5.69 Å². The summed E-state index contributed by atoms with van der Waals surface area (Å²) in [7, 11) is 0. The number of carbonyl (C=O) groups excluding carboxylic acids is 1. The Morgan fingerprint density at radius 2 is 2.29 bits per heavy atom. The van der Waals surface area contributed by atoms with Crippen LogP contribution in [0.3, 0.4) is 0 Å². The third kappa shape index (κ3) is 2.61. The van der Waals surface area contributed by atoms with E-state index in [-0.39, 0.29) is 18.6 Å². The van der Waals surface area contributed by atoms with Crippen molar-refractivity contribution in [2.45, 2.75) is 32.2 Å². The molecule has 5 nitrogen and oxygen atoms in total. The summed E-state index contributed by atoms with van der Waals surface area (Å²) in [5.74, 6) is -0.128. The topological polar surface area (TPSA) is 66.3 Å². The number of piperidine rings is 1. The van der Waals surface area contributed by atoms with E-state index in [4.69, 9.17) is 0 Å². The second-order valence-corrected chi connectivity index (χ2v) is 4.37. The highest BCUT2D eigenvalue weighted by atomic mass is 16.3. The Bertz CT molecular complexity index is 391. The molecule has 0 radical (unpaired) electrons. The Morgan fingerprint density at radius 3 is 2.94 bits per heavy atom. The maximum Gasteiger partial charge on any atom is 0.274 e. The summed E-state index contributed by atoms with van der Waals surface area (Å²) in [4.78, 5) is 22.1. The lowest BCUT2D eigenvalue weighted by molar-refractivity contribution is 0.0497. The van der Waals surface area contributed by atoms with Crippen molar-refractivity contribution in [2.75, 3.05) is 13.2 Å². The minimum absolute atomic E-state index is 0.0189. The monoisotopic (exact) mass is 235 g/mol. The van der Waals surface area contributed by atoms with Crippen LogP contribution in [0.1, 0.15) is 35.4 Å². The Labute approximate surface area is 100 Å². The van der Waals surface area contributed by atoms with Gasteiger partial charge in [-0.15, -0.1) is 0 Å². The van der Waals surface area contributed by atoms with E-state index in [0.29, 0.717) is 12.2 Å². The number of aromatic nitrogens is 2. The summed E-state index contributed by atoms with van der Waals surface area (Å²) < 4.78 is 0. The van der Waals surface area contributed by atoms with Crippen molar-refractivity contribution in [3.8, 4) is 0 Å². The molecule has 1 aromatic rings. The number of aliphatic hydroxyl groups excluding tert-OH is 1. The number of hydrogen-bond donors (Lipinski definition) is 1. The van der Waals surface area contributed by atoms with Gasteiger partial charge >= 0.3 is 0 Å². The molecule has 92 valence electrons. The van der Waals surface area contributed by atoms with Gasteiger partial charge in [0.25, 0.3) is 5.91 Å². The normalized spacial score (nSPS) is 20.4. The number of aliphatic hydroxyl groups is 1. The highest BCUT2D eigenvalue weighted by molar-refractivity contribution is 5.92. The standard InChI is InChI=1S/C12H17N3O2/c1-9-6-14-11(7-13-9)12(17)15-5-3-2-4-10(15)8-16/h6-7,10,16H,2-5,8H2,1H3. The number of amides is 1. The zero-order chi connectivity index (χ0) is 12.3. The number of rotatable bonds is 2. The molecule has 1 atom stereocenters. The molecule has 1 fully saturated rings. The molecule has 1 aromatic heterocycles. The van der Waals surface area contributed by atoms with Gasteiger partial charge in [0, 0.05) is 12.7 Å². The van der Waals surface area contributed by atoms with E-state index in [1.165, 1.54) is 6.20 Å². The van der Waals surface area contributed by atoms with Gasteiger partial charge in [0.2, 0.25) is 0 Å². The second kappa shape index (κ2) is 5.23. The predicted octanol–water partition coefficient (Wildman–Crippen LogP) is 0.772. The quantitative estimate of drug-likeness (QED) is 0.822. The molecular formula is C12H17N3O2. The Balaban J connectivity index is 2.15. The molecule has 0 bridgehead atoms. The van der Waals surface area contributed by atoms with E-state index in [9.17, 15) is 9.90 Å². The molecule has 17 heavy (non-hydrogen) atoms. The lowest BCUT2D eigenvalue weighted by atomic mass is 10.0. The molecule has 1 amide bonds.